The third-order valence-electron chi connectivity index (χ3n) is 7.20. The number of pyridine rings is 1. The van der Waals surface area contributed by atoms with Gasteiger partial charge in [-0.2, -0.15) is 0 Å². The quantitative estimate of drug-likeness (QED) is 0.167. The van der Waals surface area contributed by atoms with Crippen LogP contribution in [0, 0.1) is 0 Å². The molecule has 0 aliphatic carbocycles. The molecule has 0 saturated carbocycles. The van der Waals surface area contributed by atoms with Crippen LogP contribution in [0.3, 0.4) is 0 Å². The predicted octanol–water partition coefficient (Wildman–Crippen LogP) is 9.55. The second-order valence-electron chi connectivity index (χ2n) is 10.1. The van der Waals surface area contributed by atoms with E-state index in [2.05, 4.69) is 29.7 Å². The minimum atomic E-state index is -0.0106. The van der Waals surface area contributed by atoms with E-state index in [1.165, 1.54) is 83.5 Å². The average Bonchev–Trinajstić information content (AvgIpc) is 2.91. The lowest BCUT2D eigenvalue weighted by Gasteiger charge is -2.21. The second-order valence-corrected chi connectivity index (χ2v) is 10.1. The molecule has 0 saturated heterocycles. The number of ether oxygens (including phenoxy) is 1. The summed E-state index contributed by atoms with van der Waals surface area (Å²) in [7, 11) is 0. The molecule has 0 unspecified atom stereocenters. The summed E-state index contributed by atoms with van der Waals surface area (Å²) >= 11 is 0. The van der Waals surface area contributed by atoms with Crippen LogP contribution < -0.4 is 10.2 Å². The van der Waals surface area contributed by atoms with Crippen LogP contribution in [0.2, 0.25) is 0 Å². The zero-order chi connectivity index (χ0) is 25.4. The molecule has 0 fully saturated rings. The fourth-order valence-corrected chi connectivity index (χ4v) is 5.23. The number of hydrogen-bond acceptors (Lipinski definition) is 2. The molecule has 0 atom stereocenters. The Kier molecular flexibility index (Phi) is 12.6. The maximum absolute atomic E-state index is 13.3. The number of nitrogens with zero attached hydrogens (tertiary/aromatic N) is 1. The van der Waals surface area contributed by atoms with Gasteiger partial charge in [0.05, 0.1) is 17.8 Å². The molecule has 3 nitrogen and oxygen atoms in total. The van der Waals surface area contributed by atoms with Crippen molar-refractivity contribution in [1.29, 1.82) is 0 Å². The minimum Gasteiger partial charge on any atom is -0.488 e. The maximum Gasteiger partial charge on any atom is 0.231 e. The number of fused-ring (bicyclic) bond motifs is 1. The summed E-state index contributed by atoms with van der Waals surface area (Å²) in [6, 6.07) is 18.2. The molecule has 1 aromatic heterocycles. The van der Waals surface area contributed by atoms with Crippen molar-refractivity contribution >= 4 is 10.9 Å². The fraction of sp³-hybridized carbons (Fsp3) is 0.545. The fourth-order valence-electron chi connectivity index (χ4n) is 5.23. The molecule has 36 heavy (non-hydrogen) atoms. The van der Waals surface area contributed by atoms with Gasteiger partial charge in [-0.1, -0.05) is 133 Å². The topological polar surface area (TPSA) is 31.2 Å². The highest BCUT2D eigenvalue weighted by molar-refractivity contribution is 5.86. The summed E-state index contributed by atoms with van der Waals surface area (Å²) in [5.74, 6) is 0.479. The highest BCUT2D eigenvalue weighted by Crippen LogP contribution is 2.31. The second kappa shape index (κ2) is 16.2. The van der Waals surface area contributed by atoms with E-state index in [0.717, 1.165) is 35.1 Å². The van der Waals surface area contributed by atoms with Gasteiger partial charge in [0.15, 0.2) is 5.75 Å². The van der Waals surface area contributed by atoms with Crippen molar-refractivity contribution in [1.82, 2.24) is 4.57 Å². The predicted molar refractivity (Wildman–Crippen MR) is 155 cm³/mol. The Labute approximate surface area is 218 Å². The van der Waals surface area contributed by atoms with Crippen molar-refractivity contribution in [2.24, 2.45) is 0 Å². The number of rotatable bonds is 18. The summed E-state index contributed by atoms with van der Waals surface area (Å²) in [5.41, 5.74) is 2.94. The molecule has 0 aliphatic rings. The first-order valence-electron chi connectivity index (χ1n) is 14.6. The van der Waals surface area contributed by atoms with Gasteiger partial charge >= 0.3 is 0 Å². The van der Waals surface area contributed by atoms with Crippen LogP contribution in [-0.2, 0) is 6.54 Å². The molecule has 0 bridgehead atoms. The van der Waals surface area contributed by atoms with E-state index < -0.39 is 0 Å². The van der Waals surface area contributed by atoms with Crippen LogP contribution in [0.4, 0.5) is 0 Å². The Morgan fingerprint density at radius 1 is 0.639 bits per heavy atom. The van der Waals surface area contributed by atoms with Gasteiger partial charge in [0.1, 0.15) is 0 Å². The van der Waals surface area contributed by atoms with Crippen LogP contribution in [-0.4, -0.2) is 11.2 Å². The number of unbranched alkanes of at least 4 members (excludes halogenated alkanes) is 13. The molecule has 2 aromatic carbocycles. The number of para-hydroxylation sites is 1. The molecule has 3 heteroatoms. The Morgan fingerprint density at radius 3 is 1.75 bits per heavy atom. The molecular formula is C33H47NO2. The maximum atomic E-state index is 13.3. The third kappa shape index (κ3) is 8.25. The molecule has 0 aliphatic heterocycles. The number of hydrogen-bond donors (Lipinski definition) is 0. The minimum absolute atomic E-state index is 0.0106. The lowest BCUT2D eigenvalue weighted by Crippen LogP contribution is -2.17. The van der Waals surface area contributed by atoms with Gasteiger partial charge in [0.2, 0.25) is 5.43 Å². The standard InChI is InChI=1S/C33H47NO2/c1-3-5-6-7-8-9-10-11-12-13-14-15-16-22-27-34-30-26-21-20-25-29(30)32(35)33(36-4-2)31(34)28-23-18-17-19-24-28/h17-21,23-26H,3-16,22,27H2,1-2H3. The first-order chi connectivity index (χ1) is 17.8. The molecule has 0 spiro atoms. The molecule has 0 N–H and O–H groups in total. The lowest BCUT2D eigenvalue weighted by molar-refractivity contribution is 0.336. The molecule has 3 rings (SSSR count). The molecule has 3 aromatic rings. The van der Waals surface area contributed by atoms with Crippen molar-refractivity contribution in [2.45, 2.75) is 110 Å². The summed E-state index contributed by atoms with van der Waals surface area (Å²) in [5, 5.41) is 0.742. The molecule has 0 amide bonds. The smallest absolute Gasteiger partial charge is 0.231 e. The van der Waals surface area contributed by atoms with Crippen LogP contribution in [0.15, 0.2) is 59.4 Å². The highest BCUT2D eigenvalue weighted by Gasteiger charge is 2.19. The summed E-state index contributed by atoms with van der Waals surface area (Å²) in [4.78, 5) is 13.3. The van der Waals surface area contributed by atoms with Gasteiger partial charge in [-0.05, 0) is 25.5 Å². The summed E-state index contributed by atoms with van der Waals surface area (Å²) in [6.45, 7) is 5.60. The van der Waals surface area contributed by atoms with Crippen molar-refractivity contribution in [3.8, 4) is 17.0 Å². The van der Waals surface area contributed by atoms with Gasteiger partial charge in [-0.15, -0.1) is 0 Å². The van der Waals surface area contributed by atoms with Gasteiger partial charge in [-0.3, -0.25) is 4.79 Å². The number of benzene rings is 2. The monoisotopic (exact) mass is 489 g/mol. The van der Waals surface area contributed by atoms with Crippen LogP contribution in [0.5, 0.6) is 5.75 Å². The van der Waals surface area contributed by atoms with Gasteiger partial charge < -0.3 is 9.30 Å². The Bertz CT molecular complexity index is 1070. The van der Waals surface area contributed by atoms with Gasteiger partial charge in [0.25, 0.3) is 0 Å². The van der Waals surface area contributed by atoms with Crippen LogP contribution in [0.1, 0.15) is 104 Å². The molecule has 0 radical (unpaired) electrons. The van der Waals surface area contributed by atoms with E-state index in [4.69, 9.17) is 4.74 Å². The van der Waals surface area contributed by atoms with E-state index >= 15 is 0 Å². The van der Waals surface area contributed by atoms with Gasteiger partial charge in [0, 0.05) is 17.5 Å². The molecular weight excluding hydrogens is 442 g/mol. The van der Waals surface area contributed by atoms with Crippen molar-refractivity contribution in [3.05, 3.63) is 64.8 Å². The zero-order valence-corrected chi connectivity index (χ0v) is 22.8. The Morgan fingerprint density at radius 2 is 1.17 bits per heavy atom. The number of aryl methyl sites for hydroxylation is 1. The first-order valence-corrected chi connectivity index (χ1v) is 14.6. The van der Waals surface area contributed by atoms with Crippen molar-refractivity contribution < 1.29 is 4.74 Å². The summed E-state index contributed by atoms with van der Waals surface area (Å²) in [6.07, 6.45) is 18.9. The third-order valence-corrected chi connectivity index (χ3v) is 7.20. The molecule has 196 valence electrons. The van der Waals surface area contributed by atoms with Crippen molar-refractivity contribution in [3.63, 3.8) is 0 Å². The molecule has 1 heterocycles. The highest BCUT2D eigenvalue weighted by atomic mass is 16.5. The normalized spacial score (nSPS) is 11.3. The largest absolute Gasteiger partial charge is 0.488 e. The average molecular weight is 490 g/mol. The zero-order valence-electron chi connectivity index (χ0n) is 22.8. The first kappa shape index (κ1) is 28.0. The van der Waals surface area contributed by atoms with Crippen molar-refractivity contribution in [2.75, 3.05) is 6.61 Å². The summed E-state index contributed by atoms with van der Waals surface area (Å²) < 4.78 is 8.28. The van der Waals surface area contributed by atoms with E-state index in [9.17, 15) is 4.79 Å². The van der Waals surface area contributed by atoms with Crippen LogP contribution >= 0.6 is 0 Å². The lowest BCUT2D eigenvalue weighted by atomic mass is 10.0. The Balaban J connectivity index is 1.54. The van der Waals surface area contributed by atoms with E-state index in [1.807, 2.05) is 43.3 Å². The van der Waals surface area contributed by atoms with Gasteiger partial charge in [-0.25, -0.2) is 0 Å². The Hall–Kier alpha value is -2.55. The van der Waals surface area contributed by atoms with E-state index in [0.29, 0.717) is 12.4 Å². The van der Waals surface area contributed by atoms with E-state index in [-0.39, 0.29) is 5.43 Å². The van der Waals surface area contributed by atoms with E-state index in [1.54, 1.807) is 0 Å². The number of aromatic nitrogens is 1. The van der Waals surface area contributed by atoms with Crippen LogP contribution in [0.25, 0.3) is 22.2 Å². The SMILES string of the molecule is CCCCCCCCCCCCCCCCn1c(-c2ccccc2)c(OCC)c(=O)c2ccccc21.